The highest BCUT2D eigenvalue weighted by molar-refractivity contribution is 5.83. The molecule has 0 aliphatic carbocycles. The Bertz CT molecular complexity index is 1770. The number of fused-ring (bicyclic) bond motifs is 1. The molecule has 0 saturated heterocycles. The van der Waals surface area contributed by atoms with Gasteiger partial charge in [0.15, 0.2) is 5.96 Å². The molecule has 4 aromatic rings. The number of guanidine groups is 1. The van der Waals surface area contributed by atoms with Crippen LogP contribution < -0.4 is 27.2 Å². The van der Waals surface area contributed by atoms with Gasteiger partial charge in [-0.05, 0) is 53.1 Å². The van der Waals surface area contributed by atoms with Crippen molar-refractivity contribution in [3.8, 4) is 5.75 Å². The SMILES string of the molecule is NC1=Nc2cc(F)ccc2CN1CCNc1nc(=O)n(Cc2ccc(F)cc2)c(=O)n1Cc1ccc(OC(F)(F)F)cc1. The van der Waals surface area contributed by atoms with Gasteiger partial charge in [0.2, 0.25) is 5.95 Å². The number of benzene rings is 3. The molecule has 43 heavy (non-hydrogen) atoms. The molecule has 1 aliphatic heterocycles. The molecule has 0 atom stereocenters. The number of nitrogens with one attached hydrogen (secondary N) is 1. The van der Waals surface area contributed by atoms with Gasteiger partial charge in [-0.2, -0.15) is 4.98 Å². The van der Waals surface area contributed by atoms with Gasteiger partial charge in [-0.15, -0.1) is 13.2 Å². The van der Waals surface area contributed by atoms with Crippen molar-refractivity contribution in [1.29, 1.82) is 0 Å². The van der Waals surface area contributed by atoms with Gasteiger partial charge in [-0.3, -0.25) is 4.57 Å². The van der Waals surface area contributed by atoms with Crippen LogP contribution in [0, 0.1) is 11.6 Å². The Morgan fingerprint density at radius 2 is 1.51 bits per heavy atom. The smallest absolute Gasteiger partial charge is 0.406 e. The van der Waals surface area contributed by atoms with Gasteiger partial charge in [-0.1, -0.05) is 30.3 Å². The number of nitrogens with two attached hydrogens (primary N) is 1. The maximum Gasteiger partial charge on any atom is 0.573 e. The molecule has 0 fully saturated rings. The summed E-state index contributed by atoms with van der Waals surface area (Å²) in [5.41, 5.74) is 6.52. The molecular weight excluding hydrogens is 577 g/mol. The van der Waals surface area contributed by atoms with E-state index >= 15 is 0 Å². The second kappa shape index (κ2) is 12.0. The van der Waals surface area contributed by atoms with Gasteiger partial charge in [0.05, 0.1) is 18.8 Å². The molecule has 10 nitrogen and oxygen atoms in total. The third-order valence-corrected chi connectivity index (χ3v) is 6.53. The number of anilines is 1. The number of aromatic nitrogens is 3. The Balaban J connectivity index is 1.39. The van der Waals surface area contributed by atoms with E-state index in [9.17, 15) is 31.5 Å². The molecule has 3 N–H and O–H groups in total. The first-order valence-corrected chi connectivity index (χ1v) is 12.9. The van der Waals surface area contributed by atoms with Crippen molar-refractivity contribution in [3.05, 3.63) is 116 Å². The van der Waals surface area contributed by atoms with Crippen LogP contribution in [0.5, 0.6) is 5.75 Å². The van der Waals surface area contributed by atoms with E-state index in [-0.39, 0.29) is 38.1 Å². The van der Waals surface area contributed by atoms with Crippen molar-refractivity contribution in [1.82, 2.24) is 19.0 Å². The fourth-order valence-electron chi connectivity index (χ4n) is 4.45. The van der Waals surface area contributed by atoms with E-state index in [0.29, 0.717) is 23.4 Å². The van der Waals surface area contributed by atoms with Crippen LogP contribution in [0.3, 0.4) is 0 Å². The molecule has 0 spiro atoms. The fourth-order valence-corrected chi connectivity index (χ4v) is 4.45. The Morgan fingerprint density at radius 3 is 2.19 bits per heavy atom. The van der Waals surface area contributed by atoms with E-state index in [2.05, 4.69) is 20.0 Å². The number of alkyl halides is 3. The average Bonchev–Trinajstić information content (AvgIpc) is 2.94. The van der Waals surface area contributed by atoms with E-state index in [1.807, 2.05) is 0 Å². The first-order valence-electron chi connectivity index (χ1n) is 12.9. The number of ether oxygens (including phenoxy) is 1. The van der Waals surface area contributed by atoms with Gasteiger partial charge in [0.25, 0.3) is 0 Å². The second-order valence-electron chi connectivity index (χ2n) is 9.58. The minimum absolute atomic E-state index is 0.0871. The Kier molecular flexibility index (Phi) is 8.14. The Labute approximate surface area is 240 Å². The zero-order valence-corrected chi connectivity index (χ0v) is 22.3. The minimum Gasteiger partial charge on any atom is -0.406 e. The van der Waals surface area contributed by atoms with Crippen LogP contribution >= 0.6 is 0 Å². The first-order chi connectivity index (χ1) is 20.4. The van der Waals surface area contributed by atoms with E-state index in [1.165, 1.54) is 48.5 Å². The molecule has 0 bridgehead atoms. The van der Waals surface area contributed by atoms with Crippen molar-refractivity contribution in [3.63, 3.8) is 0 Å². The zero-order chi connectivity index (χ0) is 30.7. The van der Waals surface area contributed by atoms with Crippen LogP contribution in [-0.2, 0) is 19.6 Å². The summed E-state index contributed by atoms with van der Waals surface area (Å²) in [6.07, 6.45) is -4.87. The van der Waals surface area contributed by atoms with Crippen molar-refractivity contribution >= 4 is 17.6 Å². The van der Waals surface area contributed by atoms with Crippen LogP contribution in [-0.4, -0.2) is 44.4 Å². The lowest BCUT2D eigenvalue weighted by molar-refractivity contribution is -0.274. The highest BCUT2D eigenvalue weighted by Crippen LogP contribution is 2.26. The highest BCUT2D eigenvalue weighted by atomic mass is 19.4. The quantitative estimate of drug-likeness (QED) is 0.282. The molecule has 5 rings (SSSR count). The van der Waals surface area contributed by atoms with E-state index < -0.39 is 35.1 Å². The Morgan fingerprint density at radius 1 is 0.884 bits per heavy atom. The summed E-state index contributed by atoms with van der Waals surface area (Å²) in [6, 6.07) is 14.3. The van der Waals surface area contributed by atoms with E-state index in [0.717, 1.165) is 26.8 Å². The number of nitrogens with zero attached hydrogens (tertiary/aromatic N) is 5. The van der Waals surface area contributed by atoms with Crippen molar-refractivity contribution in [2.45, 2.75) is 26.0 Å². The number of hydrogen-bond acceptors (Lipinski definition) is 8. The predicted molar refractivity (Wildman–Crippen MR) is 147 cm³/mol. The van der Waals surface area contributed by atoms with Crippen molar-refractivity contribution < 1.29 is 26.7 Å². The molecule has 0 radical (unpaired) electrons. The maximum atomic E-state index is 13.6. The third-order valence-electron chi connectivity index (χ3n) is 6.53. The van der Waals surface area contributed by atoms with Gasteiger partial charge in [0, 0.05) is 19.6 Å². The molecule has 3 aromatic carbocycles. The van der Waals surface area contributed by atoms with Crippen LogP contribution in [0.25, 0.3) is 0 Å². The zero-order valence-electron chi connectivity index (χ0n) is 22.3. The summed E-state index contributed by atoms with van der Waals surface area (Å²) in [4.78, 5) is 36.4. The fraction of sp³-hybridized carbons (Fsp3) is 0.214. The molecule has 1 aromatic heterocycles. The van der Waals surface area contributed by atoms with Gasteiger partial charge < -0.3 is 20.7 Å². The summed E-state index contributed by atoms with van der Waals surface area (Å²) in [6.45, 7) is 0.419. The lowest BCUT2D eigenvalue weighted by Gasteiger charge is -2.28. The van der Waals surface area contributed by atoms with Crippen LogP contribution in [0.1, 0.15) is 16.7 Å². The molecule has 1 aliphatic rings. The van der Waals surface area contributed by atoms with Gasteiger partial charge in [0.1, 0.15) is 17.4 Å². The monoisotopic (exact) mass is 601 g/mol. The van der Waals surface area contributed by atoms with Crippen LogP contribution in [0.15, 0.2) is 81.3 Å². The molecule has 0 amide bonds. The Hall–Kier alpha value is -5.21. The van der Waals surface area contributed by atoms with Crippen molar-refractivity contribution in [2.75, 3.05) is 18.4 Å². The third kappa shape index (κ3) is 7.17. The van der Waals surface area contributed by atoms with Crippen LogP contribution in [0.2, 0.25) is 0 Å². The van der Waals surface area contributed by atoms with Gasteiger partial charge >= 0.3 is 17.7 Å². The van der Waals surface area contributed by atoms with E-state index in [1.54, 1.807) is 11.0 Å². The molecule has 0 saturated carbocycles. The molecule has 224 valence electrons. The lowest BCUT2D eigenvalue weighted by Crippen LogP contribution is -2.44. The average molecular weight is 602 g/mol. The molecule has 0 unspecified atom stereocenters. The number of aliphatic imine (C=N–C) groups is 1. The summed E-state index contributed by atoms with van der Waals surface area (Å²) >= 11 is 0. The molecular formula is C28H24F5N7O3. The maximum absolute atomic E-state index is 13.6. The first kappa shape index (κ1) is 29.3. The second-order valence-corrected chi connectivity index (χ2v) is 9.58. The lowest BCUT2D eigenvalue weighted by atomic mass is 10.1. The van der Waals surface area contributed by atoms with Gasteiger partial charge in [-0.25, -0.2) is 27.9 Å². The minimum atomic E-state index is -4.87. The van der Waals surface area contributed by atoms with Crippen molar-refractivity contribution in [2.24, 2.45) is 10.7 Å². The molecule has 15 heteroatoms. The molecule has 2 heterocycles. The topological polar surface area (TPSA) is 120 Å². The summed E-state index contributed by atoms with van der Waals surface area (Å²) < 4.78 is 70.6. The largest absolute Gasteiger partial charge is 0.573 e. The summed E-state index contributed by atoms with van der Waals surface area (Å²) in [7, 11) is 0. The summed E-state index contributed by atoms with van der Waals surface area (Å²) in [5.74, 6) is -1.30. The standard InChI is InChI=1S/C28H24F5N7O3/c29-20-6-1-17(2-7-20)15-40-26(41)37-25(35-11-12-38-16-19-5-8-21(30)13-23(19)36-24(38)34)39(27(40)42)14-18-3-9-22(10-4-18)43-28(31,32)33/h1-10,13H,11-12,14-16H2,(H2,34,36)(H,35,37,41). The number of hydrogen-bond donors (Lipinski definition) is 2. The van der Waals surface area contributed by atoms with Crippen LogP contribution in [0.4, 0.5) is 33.6 Å². The predicted octanol–water partition coefficient (Wildman–Crippen LogP) is 3.55. The van der Waals surface area contributed by atoms with E-state index in [4.69, 9.17) is 5.73 Å². The normalized spacial score (nSPS) is 13.0. The highest BCUT2D eigenvalue weighted by Gasteiger charge is 2.31. The number of halogens is 5. The summed E-state index contributed by atoms with van der Waals surface area (Å²) in [5, 5.41) is 2.96. The number of rotatable bonds is 9.